The molecule has 1 saturated heterocycles. The van der Waals surface area contributed by atoms with Crippen LogP contribution in [-0.2, 0) is 10.0 Å². The number of nitro groups is 1. The van der Waals surface area contributed by atoms with Crippen LogP contribution in [0, 0.1) is 16.0 Å². The number of nitrogens with two attached hydrogens (primary N) is 1. The first-order valence-corrected chi connectivity index (χ1v) is 10.1. The second kappa shape index (κ2) is 7.63. The van der Waals surface area contributed by atoms with Gasteiger partial charge in [0.05, 0.1) is 16.7 Å². The largest absolute Gasteiger partial charge is 0.388 e. The third-order valence-electron chi connectivity index (χ3n) is 4.93. The summed E-state index contributed by atoms with van der Waals surface area (Å²) in [5.74, 6) is 0.0552. The molecule has 8 nitrogen and oxygen atoms in total. The monoisotopic (exact) mass is 391 g/mol. The number of anilines is 1. The van der Waals surface area contributed by atoms with Gasteiger partial charge in [-0.05, 0) is 30.4 Å². The number of nitro benzene ring substituents is 1. The molecule has 0 saturated carbocycles. The van der Waals surface area contributed by atoms with Crippen molar-refractivity contribution in [2.75, 3.05) is 18.0 Å². The fraction of sp³-hybridized carbons (Fsp3) is 0.333. The van der Waals surface area contributed by atoms with Gasteiger partial charge in [0.15, 0.2) is 0 Å². The number of piperidine rings is 1. The summed E-state index contributed by atoms with van der Waals surface area (Å²) < 4.78 is 23.8. The number of nitrogens with zero attached hydrogens (tertiary/aromatic N) is 2. The lowest BCUT2D eigenvalue weighted by Gasteiger charge is -2.36. The van der Waals surface area contributed by atoms with Crippen molar-refractivity contribution >= 4 is 21.4 Å². The average molecular weight is 391 g/mol. The van der Waals surface area contributed by atoms with E-state index in [0.29, 0.717) is 31.6 Å². The maximum Gasteiger partial charge on any atom is 0.270 e. The number of aliphatic hydroxyl groups is 1. The van der Waals surface area contributed by atoms with E-state index in [2.05, 4.69) is 0 Å². The van der Waals surface area contributed by atoms with E-state index in [1.165, 1.54) is 12.1 Å². The molecule has 1 aliphatic rings. The van der Waals surface area contributed by atoms with Gasteiger partial charge in [0.1, 0.15) is 4.90 Å². The van der Waals surface area contributed by atoms with Crippen molar-refractivity contribution in [1.29, 1.82) is 0 Å². The molecule has 0 radical (unpaired) electrons. The summed E-state index contributed by atoms with van der Waals surface area (Å²) in [7, 11) is -4.11. The van der Waals surface area contributed by atoms with Crippen molar-refractivity contribution < 1.29 is 18.4 Å². The first kappa shape index (κ1) is 19.3. The zero-order chi connectivity index (χ0) is 19.6. The molecule has 27 heavy (non-hydrogen) atoms. The Morgan fingerprint density at radius 1 is 1.15 bits per heavy atom. The molecule has 1 unspecified atom stereocenters. The van der Waals surface area contributed by atoms with E-state index in [1.54, 1.807) is 0 Å². The molecule has 1 heterocycles. The van der Waals surface area contributed by atoms with E-state index < -0.39 is 21.1 Å². The zero-order valence-corrected chi connectivity index (χ0v) is 15.4. The first-order valence-electron chi connectivity index (χ1n) is 8.56. The van der Waals surface area contributed by atoms with Gasteiger partial charge in [-0.25, -0.2) is 13.6 Å². The van der Waals surface area contributed by atoms with Crippen molar-refractivity contribution in [3.63, 3.8) is 0 Å². The van der Waals surface area contributed by atoms with Gasteiger partial charge >= 0.3 is 0 Å². The number of primary sulfonamides is 1. The Balaban J connectivity index is 1.79. The Morgan fingerprint density at radius 3 is 2.33 bits per heavy atom. The van der Waals surface area contributed by atoms with Crippen LogP contribution in [0.1, 0.15) is 24.5 Å². The van der Waals surface area contributed by atoms with Gasteiger partial charge in [-0.1, -0.05) is 30.3 Å². The number of aliphatic hydroxyl groups excluding tert-OH is 1. The lowest BCUT2D eigenvalue weighted by atomic mass is 9.87. The maximum absolute atomic E-state index is 11.9. The summed E-state index contributed by atoms with van der Waals surface area (Å²) >= 11 is 0. The van der Waals surface area contributed by atoms with Gasteiger partial charge in [0.2, 0.25) is 10.0 Å². The van der Waals surface area contributed by atoms with Crippen molar-refractivity contribution in [3.8, 4) is 0 Å². The molecule has 9 heteroatoms. The van der Waals surface area contributed by atoms with Crippen molar-refractivity contribution in [3.05, 3.63) is 64.2 Å². The molecule has 3 rings (SSSR count). The van der Waals surface area contributed by atoms with Crippen LogP contribution in [0.3, 0.4) is 0 Å². The quantitative estimate of drug-likeness (QED) is 0.594. The van der Waals surface area contributed by atoms with Crippen LogP contribution in [0.5, 0.6) is 0 Å². The summed E-state index contributed by atoms with van der Waals surface area (Å²) in [5.41, 5.74) is 0.893. The van der Waals surface area contributed by atoms with Crippen molar-refractivity contribution in [2.45, 2.75) is 23.8 Å². The van der Waals surface area contributed by atoms with Crippen LogP contribution in [0.25, 0.3) is 0 Å². The number of rotatable bonds is 5. The molecular formula is C18H21N3O5S. The highest BCUT2D eigenvalue weighted by Crippen LogP contribution is 2.35. The molecule has 0 aromatic heterocycles. The van der Waals surface area contributed by atoms with Crippen molar-refractivity contribution in [1.82, 2.24) is 0 Å². The molecule has 0 bridgehead atoms. The van der Waals surface area contributed by atoms with E-state index in [0.717, 1.165) is 11.6 Å². The number of non-ortho nitro benzene ring substituents is 1. The van der Waals surface area contributed by atoms with Gasteiger partial charge in [-0.2, -0.15) is 0 Å². The van der Waals surface area contributed by atoms with E-state index in [4.69, 9.17) is 5.14 Å². The van der Waals surface area contributed by atoms with Crippen LogP contribution in [0.15, 0.2) is 53.4 Å². The fourth-order valence-electron chi connectivity index (χ4n) is 3.48. The maximum atomic E-state index is 11.9. The lowest BCUT2D eigenvalue weighted by Crippen LogP contribution is -2.36. The van der Waals surface area contributed by atoms with E-state index in [9.17, 15) is 23.6 Å². The molecule has 1 atom stereocenters. The first-order chi connectivity index (χ1) is 12.8. The Morgan fingerprint density at radius 2 is 1.78 bits per heavy atom. The molecule has 0 amide bonds. The zero-order valence-electron chi connectivity index (χ0n) is 14.6. The normalized spacial score (nSPS) is 16.9. The minimum atomic E-state index is -4.11. The van der Waals surface area contributed by atoms with Crippen LogP contribution in [0.2, 0.25) is 0 Å². The smallest absolute Gasteiger partial charge is 0.270 e. The summed E-state index contributed by atoms with van der Waals surface area (Å²) in [5, 5.41) is 26.8. The summed E-state index contributed by atoms with van der Waals surface area (Å²) in [6.07, 6.45) is 0.747. The van der Waals surface area contributed by atoms with E-state index in [1.807, 2.05) is 35.2 Å². The SMILES string of the molecule is NS(=O)(=O)c1cc([N+](=O)[O-])ccc1N1CCC(C(O)c2ccccc2)CC1. The van der Waals surface area contributed by atoms with Gasteiger partial charge < -0.3 is 10.0 Å². The number of benzene rings is 2. The second-order valence-corrected chi connectivity index (χ2v) is 8.16. The third-order valence-corrected chi connectivity index (χ3v) is 5.87. The number of sulfonamides is 1. The Labute approximate surface area is 157 Å². The predicted octanol–water partition coefficient (Wildman–Crippen LogP) is 2.19. The Kier molecular flexibility index (Phi) is 5.45. The second-order valence-electron chi connectivity index (χ2n) is 6.63. The molecule has 144 valence electrons. The van der Waals surface area contributed by atoms with Gasteiger partial charge in [0.25, 0.3) is 5.69 Å². The third kappa shape index (κ3) is 4.26. The highest BCUT2D eigenvalue weighted by atomic mass is 32.2. The molecule has 0 aliphatic carbocycles. The standard InChI is InChI=1S/C18H21N3O5S/c19-27(25,26)17-12-15(21(23)24)6-7-16(17)20-10-8-14(9-11-20)18(22)13-4-2-1-3-5-13/h1-7,12,14,18,22H,8-11H2,(H2,19,25,26). The van der Waals surface area contributed by atoms with Crippen molar-refractivity contribution in [2.24, 2.45) is 11.1 Å². The summed E-state index contributed by atoms with van der Waals surface area (Å²) in [6.45, 7) is 1.05. The van der Waals surface area contributed by atoms with Crippen LogP contribution in [0.4, 0.5) is 11.4 Å². The minimum Gasteiger partial charge on any atom is -0.388 e. The Bertz CT molecular complexity index is 925. The van der Waals surface area contributed by atoms with E-state index >= 15 is 0 Å². The molecule has 2 aromatic carbocycles. The van der Waals surface area contributed by atoms with Crippen LogP contribution < -0.4 is 10.0 Å². The highest BCUT2D eigenvalue weighted by molar-refractivity contribution is 7.89. The summed E-state index contributed by atoms with van der Waals surface area (Å²) in [4.78, 5) is 11.9. The number of hydrogen-bond donors (Lipinski definition) is 2. The highest BCUT2D eigenvalue weighted by Gasteiger charge is 2.29. The van der Waals surface area contributed by atoms with Gasteiger partial charge in [0, 0.05) is 25.2 Å². The topological polar surface area (TPSA) is 127 Å². The molecule has 1 aliphatic heterocycles. The van der Waals surface area contributed by atoms with Crippen LogP contribution >= 0.6 is 0 Å². The molecular weight excluding hydrogens is 370 g/mol. The van der Waals surface area contributed by atoms with Crippen LogP contribution in [-0.4, -0.2) is 31.5 Å². The average Bonchev–Trinajstić information content (AvgIpc) is 2.67. The summed E-state index contributed by atoms with van der Waals surface area (Å²) in [6, 6.07) is 13.1. The van der Waals surface area contributed by atoms with Gasteiger partial charge in [-0.3, -0.25) is 10.1 Å². The molecule has 2 aromatic rings. The minimum absolute atomic E-state index is 0.0552. The number of hydrogen-bond acceptors (Lipinski definition) is 6. The molecule has 0 spiro atoms. The Hall–Kier alpha value is -2.49. The van der Waals surface area contributed by atoms with E-state index in [-0.39, 0.29) is 16.5 Å². The molecule has 3 N–H and O–H groups in total. The lowest BCUT2D eigenvalue weighted by molar-refractivity contribution is -0.385. The predicted molar refractivity (Wildman–Crippen MR) is 101 cm³/mol. The fourth-order valence-corrected chi connectivity index (χ4v) is 4.26. The molecule has 1 fully saturated rings. The van der Waals surface area contributed by atoms with Gasteiger partial charge in [-0.15, -0.1) is 0 Å².